The van der Waals surface area contributed by atoms with Crippen molar-refractivity contribution in [1.29, 1.82) is 0 Å². The van der Waals surface area contributed by atoms with Crippen molar-refractivity contribution in [3.63, 3.8) is 0 Å². The maximum absolute atomic E-state index is 9.45. The van der Waals surface area contributed by atoms with Crippen molar-refractivity contribution >= 4 is 37.5 Å². The van der Waals surface area contributed by atoms with E-state index in [1.165, 1.54) is 0 Å². The van der Waals surface area contributed by atoms with Crippen molar-refractivity contribution in [3.05, 3.63) is 57.2 Å². The molecule has 1 unspecified atom stereocenters. The average molecular weight is 372 g/mol. The first-order chi connectivity index (χ1) is 8.69. The first kappa shape index (κ1) is 13.5. The van der Waals surface area contributed by atoms with Gasteiger partial charge in [0.25, 0.3) is 0 Å². The highest BCUT2D eigenvalue weighted by molar-refractivity contribution is 9.10. The molecular formula is C13H12Br2N2O. The molecule has 0 saturated heterocycles. The number of anilines is 1. The maximum Gasteiger partial charge on any atom is 0.0917 e. The summed E-state index contributed by atoms with van der Waals surface area (Å²) in [5.74, 6) is 0. The number of rotatable bonds is 4. The second-order valence-corrected chi connectivity index (χ2v) is 5.62. The number of aromatic nitrogens is 1. The Balaban J connectivity index is 2.17. The van der Waals surface area contributed by atoms with E-state index in [0.717, 1.165) is 20.3 Å². The summed E-state index contributed by atoms with van der Waals surface area (Å²) >= 11 is 6.76. The zero-order valence-corrected chi connectivity index (χ0v) is 12.6. The van der Waals surface area contributed by atoms with Crippen LogP contribution >= 0.6 is 31.9 Å². The number of nitrogens with zero attached hydrogens (tertiary/aromatic N) is 1. The van der Waals surface area contributed by atoms with E-state index in [2.05, 4.69) is 42.2 Å². The van der Waals surface area contributed by atoms with E-state index in [4.69, 9.17) is 0 Å². The molecule has 2 aromatic rings. The summed E-state index contributed by atoms with van der Waals surface area (Å²) in [6, 6.07) is 11.4. The normalized spacial score (nSPS) is 12.2. The van der Waals surface area contributed by atoms with E-state index >= 15 is 0 Å². The smallest absolute Gasteiger partial charge is 0.0917 e. The molecule has 0 saturated carbocycles. The van der Waals surface area contributed by atoms with Gasteiger partial charge in [0, 0.05) is 20.8 Å². The minimum atomic E-state index is -0.215. The summed E-state index contributed by atoms with van der Waals surface area (Å²) in [5, 5.41) is 12.7. The highest BCUT2D eigenvalue weighted by Crippen LogP contribution is 2.21. The molecule has 1 heterocycles. The van der Waals surface area contributed by atoms with Gasteiger partial charge < -0.3 is 10.4 Å². The number of halogens is 2. The van der Waals surface area contributed by atoms with Gasteiger partial charge in [0.05, 0.1) is 18.3 Å². The van der Waals surface area contributed by atoms with Crippen LogP contribution in [0.5, 0.6) is 0 Å². The minimum Gasteiger partial charge on any atom is -0.394 e. The highest BCUT2D eigenvalue weighted by Gasteiger charge is 2.11. The van der Waals surface area contributed by atoms with Crippen molar-refractivity contribution in [2.75, 3.05) is 11.9 Å². The monoisotopic (exact) mass is 370 g/mol. The summed E-state index contributed by atoms with van der Waals surface area (Å²) in [5.41, 5.74) is 1.74. The molecule has 18 heavy (non-hydrogen) atoms. The first-order valence-electron chi connectivity index (χ1n) is 5.43. The number of hydrogen-bond acceptors (Lipinski definition) is 3. The minimum absolute atomic E-state index is 0.0128. The molecule has 0 radical (unpaired) electrons. The van der Waals surface area contributed by atoms with Crippen LogP contribution in [-0.2, 0) is 0 Å². The van der Waals surface area contributed by atoms with Crippen LogP contribution in [0.2, 0.25) is 0 Å². The Morgan fingerprint density at radius 3 is 2.61 bits per heavy atom. The van der Waals surface area contributed by atoms with Crippen LogP contribution in [0.4, 0.5) is 5.69 Å². The number of aliphatic hydroxyl groups excluding tert-OH is 1. The molecular weight excluding hydrogens is 360 g/mol. The standard InChI is InChI=1S/C13H12Br2N2O/c14-9-2-1-3-11(6-9)17-13(8-18)12-5-4-10(15)7-16-12/h1-7,13,17-18H,8H2. The van der Waals surface area contributed by atoms with Crippen LogP contribution in [0.25, 0.3) is 0 Å². The molecule has 0 aliphatic rings. The number of aliphatic hydroxyl groups is 1. The molecule has 5 heteroatoms. The van der Waals surface area contributed by atoms with Gasteiger partial charge in [0.15, 0.2) is 0 Å². The summed E-state index contributed by atoms with van der Waals surface area (Å²) in [7, 11) is 0. The second-order valence-electron chi connectivity index (χ2n) is 3.79. The average Bonchev–Trinajstić information content (AvgIpc) is 2.37. The molecule has 1 aromatic heterocycles. The van der Waals surface area contributed by atoms with E-state index in [0.29, 0.717) is 0 Å². The molecule has 0 amide bonds. The fraction of sp³-hybridized carbons (Fsp3) is 0.154. The lowest BCUT2D eigenvalue weighted by Gasteiger charge is -2.17. The molecule has 1 atom stereocenters. The van der Waals surface area contributed by atoms with Gasteiger partial charge in [0.1, 0.15) is 0 Å². The Morgan fingerprint density at radius 2 is 2.00 bits per heavy atom. The van der Waals surface area contributed by atoms with E-state index in [-0.39, 0.29) is 12.6 Å². The van der Waals surface area contributed by atoms with Gasteiger partial charge >= 0.3 is 0 Å². The third-order valence-electron chi connectivity index (χ3n) is 2.46. The summed E-state index contributed by atoms with van der Waals surface area (Å²) < 4.78 is 1.92. The Labute approximate surface area is 123 Å². The quantitative estimate of drug-likeness (QED) is 0.860. The number of pyridine rings is 1. The summed E-state index contributed by atoms with van der Waals surface area (Å²) in [4.78, 5) is 4.29. The van der Waals surface area contributed by atoms with E-state index in [1.807, 2.05) is 36.4 Å². The number of benzene rings is 1. The lowest BCUT2D eigenvalue weighted by molar-refractivity contribution is 0.274. The van der Waals surface area contributed by atoms with Crippen molar-refractivity contribution < 1.29 is 5.11 Å². The fourth-order valence-electron chi connectivity index (χ4n) is 1.59. The zero-order valence-electron chi connectivity index (χ0n) is 9.48. The third kappa shape index (κ3) is 3.54. The first-order valence-corrected chi connectivity index (χ1v) is 7.02. The van der Waals surface area contributed by atoms with Crippen LogP contribution < -0.4 is 5.32 Å². The molecule has 3 nitrogen and oxygen atoms in total. The van der Waals surface area contributed by atoms with Crippen LogP contribution in [0.15, 0.2) is 51.5 Å². The van der Waals surface area contributed by atoms with E-state index in [1.54, 1.807) is 6.20 Å². The van der Waals surface area contributed by atoms with Gasteiger partial charge in [-0.3, -0.25) is 4.98 Å². The topological polar surface area (TPSA) is 45.1 Å². The van der Waals surface area contributed by atoms with Crippen LogP contribution in [-0.4, -0.2) is 16.7 Å². The van der Waals surface area contributed by atoms with Gasteiger partial charge in [-0.25, -0.2) is 0 Å². The Kier molecular flexibility index (Phi) is 4.74. The molecule has 2 rings (SSSR count). The highest BCUT2D eigenvalue weighted by atomic mass is 79.9. The maximum atomic E-state index is 9.45. The number of hydrogen-bond donors (Lipinski definition) is 2. The number of nitrogens with one attached hydrogen (secondary N) is 1. The van der Waals surface area contributed by atoms with Crippen LogP contribution in [0.1, 0.15) is 11.7 Å². The second kappa shape index (κ2) is 6.31. The summed E-state index contributed by atoms with van der Waals surface area (Å²) in [6.45, 7) is -0.0128. The summed E-state index contributed by atoms with van der Waals surface area (Å²) in [6.07, 6.45) is 1.72. The van der Waals surface area contributed by atoms with Crippen LogP contribution in [0.3, 0.4) is 0 Å². The molecule has 0 spiro atoms. The van der Waals surface area contributed by atoms with Crippen LogP contribution in [0, 0.1) is 0 Å². The largest absolute Gasteiger partial charge is 0.394 e. The fourth-order valence-corrected chi connectivity index (χ4v) is 2.22. The van der Waals surface area contributed by atoms with Gasteiger partial charge in [0.2, 0.25) is 0 Å². The van der Waals surface area contributed by atoms with Crippen molar-refractivity contribution in [2.24, 2.45) is 0 Å². The molecule has 1 aromatic carbocycles. The molecule has 0 aliphatic carbocycles. The molecule has 0 fully saturated rings. The lowest BCUT2D eigenvalue weighted by Crippen LogP contribution is -2.16. The zero-order chi connectivity index (χ0) is 13.0. The predicted octanol–water partition coefficient (Wildman–Crippen LogP) is 3.75. The molecule has 94 valence electrons. The lowest BCUT2D eigenvalue weighted by atomic mass is 10.2. The SMILES string of the molecule is OCC(Nc1cccc(Br)c1)c1ccc(Br)cn1. The van der Waals surface area contributed by atoms with E-state index < -0.39 is 0 Å². The van der Waals surface area contributed by atoms with Gasteiger partial charge in [-0.15, -0.1) is 0 Å². The van der Waals surface area contributed by atoms with Crippen molar-refractivity contribution in [3.8, 4) is 0 Å². The third-order valence-corrected chi connectivity index (χ3v) is 3.42. The Hall–Kier alpha value is -0.910. The Bertz CT molecular complexity index is 517. The van der Waals surface area contributed by atoms with Crippen molar-refractivity contribution in [2.45, 2.75) is 6.04 Å². The van der Waals surface area contributed by atoms with Gasteiger partial charge in [-0.05, 0) is 46.3 Å². The van der Waals surface area contributed by atoms with Crippen molar-refractivity contribution in [1.82, 2.24) is 4.98 Å². The van der Waals surface area contributed by atoms with Gasteiger partial charge in [-0.2, -0.15) is 0 Å². The molecule has 0 aliphatic heterocycles. The van der Waals surface area contributed by atoms with E-state index in [9.17, 15) is 5.11 Å². The predicted molar refractivity (Wildman–Crippen MR) is 79.5 cm³/mol. The molecule has 0 bridgehead atoms. The molecule has 2 N–H and O–H groups in total. The van der Waals surface area contributed by atoms with Gasteiger partial charge in [-0.1, -0.05) is 22.0 Å². The Morgan fingerprint density at radius 1 is 1.17 bits per heavy atom.